The molecule has 112 valence electrons. The van der Waals surface area contributed by atoms with Gasteiger partial charge in [-0.1, -0.05) is 33.3 Å². The van der Waals surface area contributed by atoms with Gasteiger partial charge >= 0.3 is 0 Å². The minimum atomic E-state index is -0.500. The quantitative estimate of drug-likeness (QED) is 0.805. The molecule has 1 aromatic carbocycles. The Labute approximate surface area is 121 Å². The van der Waals surface area contributed by atoms with Crippen molar-refractivity contribution in [2.24, 2.45) is 11.7 Å². The second kappa shape index (κ2) is 7.90. The summed E-state index contributed by atoms with van der Waals surface area (Å²) in [7, 11) is 0. The van der Waals surface area contributed by atoms with Gasteiger partial charge in [0.1, 0.15) is 5.75 Å². The fourth-order valence-electron chi connectivity index (χ4n) is 1.79. The lowest BCUT2D eigenvalue weighted by molar-refractivity contribution is -0.118. The summed E-state index contributed by atoms with van der Waals surface area (Å²) >= 11 is 0. The van der Waals surface area contributed by atoms with E-state index in [2.05, 4.69) is 5.32 Å². The normalized spacial score (nSPS) is 13.7. The van der Waals surface area contributed by atoms with Crippen molar-refractivity contribution in [3.05, 3.63) is 23.8 Å². The van der Waals surface area contributed by atoms with Gasteiger partial charge in [-0.25, -0.2) is 0 Å². The van der Waals surface area contributed by atoms with Crippen LogP contribution >= 0.6 is 0 Å². The summed E-state index contributed by atoms with van der Waals surface area (Å²) < 4.78 is 5.68. The first-order chi connectivity index (χ1) is 9.49. The van der Waals surface area contributed by atoms with Crippen molar-refractivity contribution < 1.29 is 9.53 Å². The van der Waals surface area contributed by atoms with Crippen LogP contribution < -0.4 is 15.8 Å². The number of amides is 1. The first-order valence-electron chi connectivity index (χ1n) is 7.29. The van der Waals surface area contributed by atoms with Crippen molar-refractivity contribution in [2.45, 2.75) is 46.6 Å². The van der Waals surface area contributed by atoms with Gasteiger partial charge in [0.15, 0.2) is 0 Å². The first kappa shape index (κ1) is 16.5. The van der Waals surface area contributed by atoms with Gasteiger partial charge in [0, 0.05) is 0 Å². The van der Waals surface area contributed by atoms with Gasteiger partial charge < -0.3 is 15.8 Å². The predicted molar refractivity (Wildman–Crippen MR) is 83.0 cm³/mol. The van der Waals surface area contributed by atoms with E-state index >= 15 is 0 Å². The predicted octanol–water partition coefficient (Wildman–Crippen LogP) is 3.10. The molecule has 4 heteroatoms. The van der Waals surface area contributed by atoms with Crippen LogP contribution in [0.15, 0.2) is 18.2 Å². The number of hydrogen-bond donors (Lipinski definition) is 2. The van der Waals surface area contributed by atoms with E-state index in [1.807, 2.05) is 45.9 Å². The summed E-state index contributed by atoms with van der Waals surface area (Å²) in [6, 6.07) is 5.24. The molecule has 0 saturated heterocycles. The number of rotatable bonds is 7. The molecule has 0 aliphatic carbocycles. The Balaban J connectivity index is 2.83. The zero-order valence-electron chi connectivity index (χ0n) is 12.9. The number of carbonyl (C=O) groups is 1. The summed E-state index contributed by atoms with van der Waals surface area (Å²) in [5.41, 5.74) is 7.73. The highest BCUT2D eigenvalue weighted by Gasteiger charge is 2.20. The average molecular weight is 278 g/mol. The van der Waals surface area contributed by atoms with Crippen LogP contribution in [0.2, 0.25) is 0 Å². The maximum absolute atomic E-state index is 12.1. The zero-order chi connectivity index (χ0) is 15.1. The van der Waals surface area contributed by atoms with Gasteiger partial charge in [0.05, 0.1) is 18.3 Å². The van der Waals surface area contributed by atoms with Crippen molar-refractivity contribution in [1.82, 2.24) is 0 Å². The van der Waals surface area contributed by atoms with Crippen LogP contribution in [0, 0.1) is 12.8 Å². The first-order valence-corrected chi connectivity index (χ1v) is 7.29. The molecular weight excluding hydrogens is 252 g/mol. The molecule has 0 aliphatic heterocycles. The van der Waals surface area contributed by atoms with E-state index in [1.165, 1.54) is 0 Å². The fraction of sp³-hybridized carbons (Fsp3) is 0.562. The Bertz CT molecular complexity index is 446. The third-order valence-electron chi connectivity index (χ3n) is 3.42. The highest BCUT2D eigenvalue weighted by Crippen LogP contribution is 2.26. The lowest BCUT2D eigenvalue weighted by atomic mass is 9.99. The molecule has 0 bridgehead atoms. The van der Waals surface area contributed by atoms with Crippen LogP contribution in [0.25, 0.3) is 0 Å². The second-order valence-electron chi connectivity index (χ2n) is 5.25. The minimum absolute atomic E-state index is 0.153. The van der Waals surface area contributed by atoms with Gasteiger partial charge in [-0.3, -0.25) is 4.79 Å². The molecular formula is C16H26N2O2. The molecule has 0 unspecified atom stereocenters. The van der Waals surface area contributed by atoms with Gasteiger partial charge in [-0.2, -0.15) is 0 Å². The third-order valence-corrected chi connectivity index (χ3v) is 3.42. The number of nitrogens with one attached hydrogen (secondary N) is 1. The molecule has 0 heterocycles. The number of benzene rings is 1. The Hall–Kier alpha value is -1.55. The van der Waals surface area contributed by atoms with Crippen LogP contribution in [0.1, 0.15) is 39.2 Å². The molecule has 0 radical (unpaired) electrons. The number of anilines is 1. The highest BCUT2D eigenvalue weighted by atomic mass is 16.5. The lowest BCUT2D eigenvalue weighted by Crippen LogP contribution is -2.40. The van der Waals surface area contributed by atoms with Gasteiger partial charge in [-0.05, 0) is 37.0 Å². The Morgan fingerprint density at radius 2 is 2.10 bits per heavy atom. The SMILES string of the molecule is CCCOc1cc(C)ccc1NC(=O)[C@@H](N)[C@@H](C)CC. The topological polar surface area (TPSA) is 64.3 Å². The summed E-state index contributed by atoms with van der Waals surface area (Å²) in [4.78, 5) is 12.1. The maximum Gasteiger partial charge on any atom is 0.241 e. The molecule has 0 saturated carbocycles. The van der Waals surface area contributed by atoms with E-state index < -0.39 is 6.04 Å². The average Bonchev–Trinajstić information content (AvgIpc) is 2.45. The largest absolute Gasteiger partial charge is 0.491 e. The lowest BCUT2D eigenvalue weighted by Gasteiger charge is -2.19. The minimum Gasteiger partial charge on any atom is -0.491 e. The Morgan fingerprint density at radius 1 is 1.40 bits per heavy atom. The number of aryl methyl sites for hydroxylation is 1. The molecule has 0 spiro atoms. The van der Waals surface area contributed by atoms with Crippen LogP contribution in [0.3, 0.4) is 0 Å². The van der Waals surface area contributed by atoms with Gasteiger partial charge in [0.2, 0.25) is 5.91 Å². The number of carbonyl (C=O) groups excluding carboxylic acids is 1. The smallest absolute Gasteiger partial charge is 0.241 e. The van der Waals surface area contributed by atoms with Crippen molar-refractivity contribution in [1.29, 1.82) is 0 Å². The summed E-state index contributed by atoms with van der Waals surface area (Å²) in [6.45, 7) is 8.68. The highest BCUT2D eigenvalue weighted by molar-refractivity contribution is 5.96. The van der Waals surface area contributed by atoms with Gasteiger partial charge in [0.25, 0.3) is 0 Å². The molecule has 1 amide bonds. The fourth-order valence-corrected chi connectivity index (χ4v) is 1.79. The van der Waals surface area contributed by atoms with E-state index in [4.69, 9.17) is 10.5 Å². The molecule has 0 fully saturated rings. The molecule has 3 N–H and O–H groups in total. The molecule has 2 atom stereocenters. The van der Waals surface area contributed by atoms with E-state index in [-0.39, 0.29) is 11.8 Å². The van der Waals surface area contributed by atoms with E-state index in [0.29, 0.717) is 18.0 Å². The molecule has 1 rings (SSSR count). The van der Waals surface area contributed by atoms with Crippen molar-refractivity contribution in [2.75, 3.05) is 11.9 Å². The molecule has 0 aromatic heterocycles. The van der Waals surface area contributed by atoms with E-state index in [1.54, 1.807) is 0 Å². The molecule has 4 nitrogen and oxygen atoms in total. The van der Waals surface area contributed by atoms with Crippen molar-refractivity contribution in [3.63, 3.8) is 0 Å². The summed E-state index contributed by atoms with van der Waals surface area (Å²) in [6.07, 6.45) is 1.80. The van der Waals surface area contributed by atoms with E-state index in [9.17, 15) is 4.79 Å². The summed E-state index contributed by atoms with van der Waals surface area (Å²) in [5, 5.41) is 2.87. The van der Waals surface area contributed by atoms with Crippen molar-refractivity contribution in [3.8, 4) is 5.75 Å². The van der Waals surface area contributed by atoms with Crippen LogP contribution in [0.4, 0.5) is 5.69 Å². The number of hydrogen-bond acceptors (Lipinski definition) is 3. The Kier molecular flexibility index (Phi) is 6.52. The van der Waals surface area contributed by atoms with Gasteiger partial charge in [-0.15, -0.1) is 0 Å². The van der Waals surface area contributed by atoms with Crippen LogP contribution in [-0.4, -0.2) is 18.6 Å². The van der Waals surface area contributed by atoms with Crippen LogP contribution in [0.5, 0.6) is 5.75 Å². The monoisotopic (exact) mass is 278 g/mol. The number of ether oxygens (including phenoxy) is 1. The standard InChI is InChI=1S/C16H26N2O2/c1-5-9-20-14-10-11(3)7-8-13(14)18-16(19)15(17)12(4)6-2/h7-8,10,12,15H,5-6,9,17H2,1-4H3,(H,18,19)/t12-,15-/m0/s1. The number of nitrogens with two attached hydrogens (primary N) is 1. The van der Waals surface area contributed by atoms with Crippen LogP contribution in [-0.2, 0) is 4.79 Å². The molecule has 1 aromatic rings. The zero-order valence-corrected chi connectivity index (χ0v) is 12.9. The second-order valence-corrected chi connectivity index (χ2v) is 5.25. The van der Waals surface area contributed by atoms with Crippen molar-refractivity contribution >= 4 is 11.6 Å². The maximum atomic E-state index is 12.1. The third kappa shape index (κ3) is 4.53. The van der Waals surface area contributed by atoms with E-state index in [0.717, 1.165) is 18.4 Å². The summed E-state index contributed by atoms with van der Waals surface area (Å²) in [5.74, 6) is 0.696. The molecule has 20 heavy (non-hydrogen) atoms. The molecule has 0 aliphatic rings. The Morgan fingerprint density at radius 3 is 2.70 bits per heavy atom.